The van der Waals surface area contributed by atoms with E-state index in [1.807, 2.05) is 16.7 Å². The van der Waals surface area contributed by atoms with Gasteiger partial charge in [-0.3, -0.25) is 14.5 Å². The molecule has 0 bridgehead atoms. The molecule has 3 rings (SSSR count). The van der Waals surface area contributed by atoms with Gasteiger partial charge in [-0.05, 0) is 29.3 Å². The zero-order valence-corrected chi connectivity index (χ0v) is 12.9. The number of thiophene rings is 1. The molecule has 0 radical (unpaired) electrons. The number of carbonyl (C=O) groups is 2. The van der Waals surface area contributed by atoms with E-state index in [1.54, 1.807) is 11.3 Å². The highest BCUT2D eigenvalue weighted by Crippen LogP contribution is 2.25. The van der Waals surface area contributed by atoms with E-state index < -0.39 is 5.97 Å². The summed E-state index contributed by atoms with van der Waals surface area (Å²) in [6, 6.07) is 2.10. The molecule has 2 atom stereocenters. The molecular formula is C15H20N2O3S. The van der Waals surface area contributed by atoms with Gasteiger partial charge in [-0.15, -0.1) is 11.3 Å². The van der Waals surface area contributed by atoms with Gasteiger partial charge in [-0.1, -0.05) is 6.92 Å². The van der Waals surface area contributed by atoms with Crippen LogP contribution in [0, 0.1) is 11.8 Å². The lowest BCUT2D eigenvalue weighted by Gasteiger charge is -2.28. The van der Waals surface area contributed by atoms with Gasteiger partial charge in [0, 0.05) is 31.1 Å². The van der Waals surface area contributed by atoms with Crippen molar-refractivity contribution in [3.8, 4) is 0 Å². The average Bonchev–Trinajstić information content (AvgIpc) is 3.04. The Kier molecular flexibility index (Phi) is 3.99. The van der Waals surface area contributed by atoms with Gasteiger partial charge in [-0.2, -0.15) is 0 Å². The normalized spacial score (nSPS) is 25.9. The highest BCUT2D eigenvalue weighted by molar-refractivity contribution is 7.10. The summed E-state index contributed by atoms with van der Waals surface area (Å²) in [4.78, 5) is 28.8. The topological polar surface area (TPSA) is 60.9 Å². The molecule has 1 fully saturated rings. The highest BCUT2D eigenvalue weighted by atomic mass is 32.1. The van der Waals surface area contributed by atoms with Crippen LogP contribution < -0.4 is 0 Å². The Hall–Kier alpha value is -1.40. The van der Waals surface area contributed by atoms with Crippen LogP contribution in [0.15, 0.2) is 11.4 Å². The van der Waals surface area contributed by atoms with Crippen LogP contribution in [0.1, 0.15) is 17.4 Å². The van der Waals surface area contributed by atoms with Crippen LogP contribution >= 0.6 is 11.3 Å². The molecule has 1 amide bonds. The van der Waals surface area contributed by atoms with Crippen molar-refractivity contribution < 1.29 is 14.7 Å². The Bertz CT molecular complexity index is 557. The van der Waals surface area contributed by atoms with E-state index in [1.165, 1.54) is 10.4 Å². The summed E-state index contributed by atoms with van der Waals surface area (Å²) in [5.41, 5.74) is 1.26. The smallest absolute Gasteiger partial charge is 0.308 e. The van der Waals surface area contributed by atoms with Crippen LogP contribution in [0.2, 0.25) is 0 Å². The number of hydrogen-bond acceptors (Lipinski definition) is 4. The van der Waals surface area contributed by atoms with Crippen LogP contribution in [0.4, 0.5) is 0 Å². The summed E-state index contributed by atoms with van der Waals surface area (Å²) < 4.78 is 0. The summed E-state index contributed by atoms with van der Waals surface area (Å²) in [5.74, 6) is -0.869. The van der Waals surface area contributed by atoms with E-state index in [0.717, 1.165) is 13.0 Å². The SMILES string of the molecule is CC1CN(CC(=O)N2CCc3sccc3C2)CC1C(=O)O. The molecule has 0 aromatic carbocycles. The van der Waals surface area contributed by atoms with E-state index in [-0.39, 0.29) is 17.7 Å². The van der Waals surface area contributed by atoms with Crippen LogP contribution in [-0.4, -0.2) is 53.0 Å². The third-order valence-corrected chi connectivity index (χ3v) is 5.55. The van der Waals surface area contributed by atoms with Crippen LogP contribution in [0.3, 0.4) is 0 Å². The number of rotatable bonds is 3. The van der Waals surface area contributed by atoms with E-state index in [0.29, 0.717) is 26.2 Å². The van der Waals surface area contributed by atoms with Crippen molar-refractivity contribution in [1.29, 1.82) is 0 Å². The molecule has 2 aliphatic heterocycles. The Labute approximate surface area is 128 Å². The van der Waals surface area contributed by atoms with E-state index in [2.05, 4.69) is 11.4 Å². The van der Waals surface area contributed by atoms with Crippen LogP contribution in [0.5, 0.6) is 0 Å². The summed E-state index contributed by atoms with van der Waals surface area (Å²) >= 11 is 1.76. The van der Waals surface area contributed by atoms with Gasteiger partial charge in [0.1, 0.15) is 0 Å². The van der Waals surface area contributed by atoms with Crippen molar-refractivity contribution >= 4 is 23.2 Å². The Morgan fingerprint density at radius 2 is 2.24 bits per heavy atom. The Morgan fingerprint density at radius 1 is 1.43 bits per heavy atom. The number of nitrogens with zero attached hydrogens (tertiary/aromatic N) is 2. The average molecular weight is 308 g/mol. The van der Waals surface area contributed by atoms with Crippen molar-refractivity contribution in [3.05, 3.63) is 21.9 Å². The number of carbonyl (C=O) groups excluding carboxylic acids is 1. The molecule has 3 heterocycles. The number of carboxylic acid groups (broad SMARTS) is 1. The minimum atomic E-state index is -0.752. The molecule has 114 valence electrons. The van der Waals surface area contributed by atoms with Crippen LogP contribution in [0.25, 0.3) is 0 Å². The molecule has 6 heteroatoms. The van der Waals surface area contributed by atoms with Gasteiger partial charge in [0.15, 0.2) is 0 Å². The predicted molar refractivity (Wildman–Crippen MR) is 80.2 cm³/mol. The van der Waals surface area contributed by atoms with Gasteiger partial charge in [-0.25, -0.2) is 0 Å². The lowest BCUT2D eigenvalue weighted by molar-refractivity contribution is -0.142. The first-order chi connectivity index (χ1) is 10.0. The van der Waals surface area contributed by atoms with Crippen molar-refractivity contribution in [2.45, 2.75) is 19.9 Å². The Balaban J connectivity index is 1.57. The minimum Gasteiger partial charge on any atom is -0.481 e. The lowest BCUT2D eigenvalue weighted by Crippen LogP contribution is -2.42. The van der Waals surface area contributed by atoms with E-state index in [9.17, 15) is 9.59 Å². The van der Waals surface area contributed by atoms with Gasteiger partial charge in [0.2, 0.25) is 5.91 Å². The molecule has 2 aliphatic rings. The zero-order chi connectivity index (χ0) is 15.0. The predicted octanol–water partition coefficient (Wildman–Crippen LogP) is 1.29. The van der Waals surface area contributed by atoms with Crippen molar-refractivity contribution in [3.63, 3.8) is 0 Å². The third kappa shape index (κ3) is 2.96. The number of aliphatic carboxylic acids is 1. The number of amides is 1. The molecular weight excluding hydrogens is 288 g/mol. The zero-order valence-electron chi connectivity index (χ0n) is 12.1. The fraction of sp³-hybridized carbons (Fsp3) is 0.600. The maximum Gasteiger partial charge on any atom is 0.308 e. The first kappa shape index (κ1) is 14.5. The lowest BCUT2D eigenvalue weighted by atomic mass is 9.99. The molecule has 0 spiro atoms. The van der Waals surface area contributed by atoms with Crippen molar-refractivity contribution in [1.82, 2.24) is 9.80 Å². The minimum absolute atomic E-state index is 0.111. The van der Waals surface area contributed by atoms with E-state index in [4.69, 9.17) is 5.11 Å². The highest BCUT2D eigenvalue weighted by Gasteiger charge is 2.36. The monoisotopic (exact) mass is 308 g/mol. The first-order valence-corrected chi connectivity index (χ1v) is 8.20. The van der Waals surface area contributed by atoms with Gasteiger partial charge in [0.25, 0.3) is 0 Å². The van der Waals surface area contributed by atoms with Gasteiger partial charge >= 0.3 is 5.97 Å². The molecule has 5 nitrogen and oxygen atoms in total. The number of likely N-dealkylation sites (tertiary alicyclic amines) is 1. The van der Waals surface area contributed by atoms with E-state index >= 15 is 0 Å². The molecule has 1 aromatic rings. The third-order valence-electron chi connectivity index (χ3n) is 4.52. The maximum atomic E-state index is 12.4. The maximum absolute atomic E-state index is 12.4. The first-order valence-electron chi connectivity index (χ1n) is 7.32. The molecule has 1 saturated heterocycles. The molecule has 1 N–H and O–H groups in total. The summed E-state index contributed by atoms with van der Waals surface area (Å²) in [6.07, 6.45) is 0.937. The summed E-state index contributed by atoms with van der Waals surface area (Å²) in [5, 5.41) is 11.2. The summed E-state index contributed by atoms with van der Waals surface area (Å²) in [7, 11) is 0. The van der Waals surface area contributed by atoms with Gasteiger partial charge < -0.3 is 10.0 Å². The standard InChI is InChI=1S/C15H20N2O3S/c1-10-6-16(8-12(10)15(19)20)9-14(18)17-4-2-13-11(7-17)3-5-21-13/h3,5,10,12H,2,4,6-9H2,1H3,(H,19,20). The fourth-order valence-electron chi connectivity index (χ4n) is 3.27. The van der Waals surface area contributed by atoms with Crippen molar-refractivity contribution in [2.24, 2.45) is 11.8 Å². The second kappa shape index (κ2) is 5.77. The van der Waals surface area contributed by atoms with Gasteiger partial charge in [0.05, 0.1) is 12.5 Å². The molecule has 21 heavy (non-hydrogen) atoms. The fourth-order valence-corrected chi connectivity index (χ4v) is 4.16. The van der Waals surface area contributed by atoms with Crippen LogP contribution in [-0.2, 0) is 22.6 Å². The number of carboxylic acids is 1. The largest absolute Gasteiger partial charge is 0.481 e. The quantitative estimate of drug-likeness (QED) is 0.914. The number of hydrogen-bond donors (Lipinski definition) is 1. The summed E-state index contributed by atoms with van der Waals surface area (Å²) in [6.45, 7) is 4.94. The second-order valence-electron chi connectivity index (χ2n) is 6.05. The van der Waals surface area contributed by atoms with Crippen molar-refractivity contribution in [2.75, 3.05) is 26.2 Å². The molecule has 0 saturated carbocycles. The Morgan fingerprint density at radius 3 is 2.95 bits per heavy atom. The molecule has 2 unspecified atom stereocenters. The second-order valence-corrected chi connectivity index (χ2v) is 7.05. The molecule has 0 aliphatic carbocycles. The molecule has 1 aromatic heterocycles. The number of fused-ring (bicyclic) bond motifs is 1.